The summed E-state index contributed by atoms with van der Waals surface area (Å²) in [7, 11) is -0.630. The van der Waals surface area contributed by atoms with E-state index >= 15 is 0 Å². The van der Waals surface area contributed by atoms with E-state index in [2.05, 4.69) is 5.32 Å². The predicted molar refractivity (Wildman–Crippen MR) is 89.9 cm³/mol. The van der Waals surface area contributed by atoms with Crippen molar-refractivity contribution in [2.24, 2.45) is 0 Å². The number of hydrogen-bond donors (Lipinski definition) is 1. The molecule has 0 aliphatic carbocycles. The van der Waals surface area contributed by atoms with Gasteiger partial charge in [0.1, 0.15) is 4.90 Å². The second kappa shape index (κ2) is 7.12. The summed E-state index contributed by atoms with van der Waals surface area (Å²) in [5, 5.41) is 2.72. The zero-order valence-electron chi connectivity index (χ0n) is 12.8. The predicted octanol–water partition coefficient (Wildman–Crippen LogP) is 2.52. The second-order valence-electron chi connectivity index (χ2n) is 4.97. The van der Waals surface area contributed by atoms with Crippen molar-refractivity contribution in [3.8, 4) is 0 Å². The van der Waals surface area contributed by atoms with Gasteiger partial charge in [-0.15, -0.1) is 0 Å². The van der Waals surface area contributed by atoms with E-state index in [1.54, 1.807) is 49.5 Å². The van der Waals surface area contributed by atoms with Crippen molar-refractivity contribution in [1.82, 2.24) is 9.62 Å². The molecule has 0 radical (unpaired) electrons. The highest BCUT2D eigenvalue weighted by Gasteiger charge is 2.23. The van der Waals surface area contributed by atoms with Gasteiger partial charge in [0.25, 0.3) is 5.91 Å². The molecule has 0 saturated carbocycles. The Labute approximate surface area is 140 Å². The summed E-state index contributed by atoms with van der Waals surface area (Å²) in [5.41, 5.74) is 1.30. The van der Waals surface area contributed by atoms with Crippen LogP contribution in [0.25, 0.3) is 0 Å². The molecule has 0 spiro atoms. The fourth-order valence-electron chi connectivity index (χ4n) is 2.07. The molecule has 0 aromatic heterocycles. The number of rotatable bonds is 5. The Morgan fingerprint density at radius 1 is 1.13 bits per heavy atom. The van der Waals surface area contributed by atoms with E-state index in [0.717, 1.165) is 5.56 Å². The maximum absolute atomic E-state index is 12.6. The van der Waals surface area contributed by atoms with Crippen molar-refractivity contribution < 1.29 is 13.2 Å². The first kappa shape index (κ1) is 17.5. The van der Waals surface area contributed by atoms with Crippen molar-refractivity contribution in [2.75, 3.05) is 14.1 Å². The first-order chi connectivity index (χ1) is 10.9. The number of nitrogens with one attached hydrogen (secondary N) is 1. The molecule has 0 aliphatic heterocycles. The minimum Gasteiger partial charge on any atom is -0.355 e. The van der Waals surface area contributed by atoms with Crippen molar-refractivity contribution in [2.45, 2.75) is 11.4 Å². The standard InChI is InChI=1S/C16H17ClN2O3S/c1-18-16(20)13-9-7-12(8-10-13)11-19(2)23(21,22)15-6-4-3-5-14(15)17/h3-10H,11H2,1-2H3,(H,18,20). The SMILES string of the molecule is CNC(=O)c1ccc(CN(C)S(=O)(=O)c2ccccc2Cl)cc1. The smallest absolute Gasteiger partial charge is 0.251 e. The number of halogens is 1. The Balaban J connectivity index is 2.20. The van der Waals surface area contributed by atoms with Gasteiger partial charge in [-0.1, -0.05) is 35.9 Å². The van der Waals surface area contributed by atoms with E-state index in [9.17, 15) is 13.2 Å². The molecule has 2 aromatic carbocycles. The lowest BCUT2D eigenvalue weighted by Crippen LogP contribution is -2.26. The number of hydrogen-bond acceptors (Lipinski definition) is 3. The van der Waals surface area contributed by atoms with Gasteiger partial charge in [0.15, 0.2) is 0 Å². The fourth-order valence-corrected chi connectivity index (χ4v) is 3.72. The first-order valence-electron chi connectivity index (χ1n) is 6.88. The van der Waals surface area contributed by atoms with Crippen LogP contribution in [-0.4, -0.2) is 32.7 Å². The molecule has 5 nitrogen and oxygen atoms in total. The van der Waals surface area contributed by atoms with Crippen LogP contribution in [0.3, 0.4) is 0 Å². The van der Waals surface area contributed by atoms with Crippen LogP contribution in [0.15, 0.2) is 53.4 Å². The molecule has 23 heavy (non-hydrogen) atoms. The van der Waals surface area contributed by atoms with Crippen LogP contribution < -0.4 is 5.32 Å². The largest absolute Gasteiger partial charge is 0.355 e. The highest BCUT2D eigenvalue weighted by molar-refractivity contribution is 7.89. The van der Waals surface area contributed by atoms with Gasteiger partial charge >= 0.3 is 0 Å². The van der Waals surface area contributed by atoms with Crippen molar-refractivity contribution in [1.29, 1.82) is 0 Å². The molecule has 0 saturated heterocycles. The lowest BCUT2D eigenvalue weighted by molar-refractivity contribution is 0.0963. The number of amides is 1. The normalized spacial score (nSPS) is 11.5. The maximum Gasteiger partial charge on any atom is 0.251 e. The van der Waals surface area contributed by atoms with Gasteiger partial charge in [0.2, 0.25) is 10.0 Å². The summed E-state index contributed by atoms with van der Waals surface area (Å²) < 4.78 is 26.3. The average Bonchev–Trinajstić information content (AvgIpc) is 2.55. The second-order valence-corrected chi connectivity index (χ2v) is 7.39. The van der Waals surface area contributed by atoms with Gasteiger partial charge in [0, 0.05) is 26.2 Å². The molecule has 0 fully saturated rings. The minimum absolute atomic E-state index is 0.0751. The number of carbonyl (C=O) groups is 1. The van der Waals surface area contributed by atoms with Gasteiger partial charge in [-0.05, 0) is 29.8 Å². The third-order valence-corrected chi connectivity index (χ3v) is 5.68. The van der Waals surface area contributed by atoms with Crippen LogP contribution in [0.4, 0.5) is 0 Å². The molecular weight excluding hydrogens is 336 g/mol. The van der Waals surface area contributed by atoms with Crippen LogP contribution in [0.5, 0.6) is 0 Å². The Morgan fingerprint density at radius 3 is 2.30 bits per heavy atom. The van der Waals surface area contributed by atoms with E-state index in [1.807, 2.05) is 0 Å². The van der Waals surface area contributed by atoms with Crippen molar-refractivity contribution in [3.63, 3.8) is 0 Å². The van der Waals surface area contributed by atoms with E-state index in [-0.39, 0.29) is 22.4 Å². The maximum atomic E-state index is 12.6. The van der Waals surface area contributed by atoms with Crippen LogP contribution in [0.1, 0.15) is 15.9 Å². The summed E-state index contributed by atoms with van der Waals surface area (Å²) in [5.74, 6) is -0.186. The van der Waals surface area contributed by atoms with Gasteiger partial charge in [-0.3, -0.25) is 4.79 Å². The molecule has 2 aromatic rings. The lowest BCUT2D eigenvalue weighted by Gasteiger charge is -2.18. The third-order valence-electron chi connectivity index (χ3n) is 3.37. The third kappa shape index (κ3) is 3.90. The van der Waals surface area contributed by atoms with Gasteiger partial charge in [-0.2, -0.15) is 4.31 Å². The van der Waals surface area contributed by atoms with Crippen LogP contribution in [0, 0.1) is 0 Å². The van der Waals surface area contributed by atoms with Gasteiger partial charge in [-0.25, -0.2) is 8.42 Å². The number of benzene rings is 2. The topological polar surface area (TPSA) is 66.5 Å². The summed E-state index contributed by atoms with van der Waals surface area (Å²) in [6, 6.07) is 13.1. The first-order valence-corrected chi connectivity index (χ1v) is 8.70. The van der Waals surface area contributed by atoms with Crippen LogP contribution >= 0.6 is 11.6 Å². The van der Waals surface area contributed by atoms with Crippen LogP contribution in [0.2, 0.25) is 5.02 Å². The molecule has 1 amide bonds. The fraction of sp³-hybridized carbons (Fsp3) is 0.188. The highest BCUT2D eigenvalue weighted by Crippen LogP contribution is 2.24. The summed E-state index contributed by atoms with van der Waals surface area (Å²) in [6.45, 7) is 0.182. The number of sulfonamides is 1. The minimum atomic E-state index is -3.68. The zero-order valence-corrected chi connectivity index (χ0v) is 14.4. The van der Waals surface area contributed by atoms with E-state index in [4.69, 9.17) is 11.6 Å². The summed E-state index contributed by atoms with van der Waals surface area (Å²) >= 11 is 5.98. The Hall–Kier alpha value is -1.89. The monoisotopic (exact) mass is 352 g/mol. The van der Waals surface area contributed by atoms with Crippen molar-refractivity contribution in [3.05, 3.63) is 64.7 Å². The van der Waals surface area contributed by atoms with Gasteiger partial charge in [0.05, 0.1) is 5.02 Å². The Morgan fingerprint density at radius 2 is 1.74 bits per heavy atom. The molecule has 0 heterocycles. The Bertz CT molecular complexity index is 804. The number of nitrogens with zero attached hydrogens (tertiary/aromatic N) is 1. The molecule has 0 bridgehead atoms. The summed E-state index contributed by atoms with van der Waals surface area (Å²) in [4.78, 5) is 11.6. The quantitative estimate of drug-likeness (QED) is 0.899. The van der Waals surface area contributed by atoms with Gasteiger partial charge < -0.3 is 5.32 Å². The molecule has 0 unspecified atom stereocenters. The molecule has 7 heteroatoms. The zero-order chi connectivity index (χ0) is 17.0. The molecule has 2 rings (SSSR count). The molecule has 0 aliphatic rings. The van der Waals surface area contributed by atoms with Crippen molar-refractivity contribution >= 4 is 27.5 Å². The van der Waals surface area contributed by atoms with E-state index in [1.165, 1.54) is 17.4 Å². The van der Waals surface area contributed by atoms with E-state index < -0.39 is 10.0 Å². The average molecular weight is 353 g/mol. The summed E-state index contributed by atoms with van der Waals surface area (Å²) in [6.07, 6.45) is 0. The lowest BCUT2D eigenvalue weighted by atomic mass is 10.1. The van der Waals surface area contributed by atoms with Crippen LogP contribution in [-0.2, 0) is 16.6 Å². The molecule has 1 N–H and O–H groups in total. The molecule has 122 valence electrons. The number of carbonyl (C=O) groups excluding carboxylic acids is 1. The highest BCUT2D eigenvalue weighted by atomic mass is 35.5. The molecule has 0 atom stereocenters. The molecular formula is C16H17ClN2O3S. The van der Waals surface area contributed by atoms with E-state index in [0.29, 0.717) is 5.56 Å². The Kier molecular flexibility index (Phi) is 5.41.